The average molecular weight is 406 g/mol. The molecule has 0 saturated carbocycles. The first-order valence-corrected chi connectivity index (χ1v) is 10.1. The van der Waals surface area contributed by atoms with E-state index in [9.17, 15) is 0 Å². The van der Waals surface area contributed by atoms with E-state index in [0.29, 0.717) is 5.15 Å². The number of rotatable bonds is 4. The zero-order valence-electron chi connectivity index (χ0n) is 15.8. The molecule has 1 aliphatic heterocycles. The van der Waals surface area contributed by atoms with Crippen molar-refractivity contribution >= 4 is 22.5 Å². The molecule has 1 atom stereocenters. The third-order valence-corrected chi connectivity index (χ3v) is 5.27. The second-order valence-electron chi connectivity index (χ2n) is 7.08. The van der Waals surface area contributed by atoms with Crippen molar-refractivity contribution in [3.8, 4) is 22.8 Å². The zero-order valence-corrected chi connectivity index (χ0v) is 16.5. The fourth-order valence-electron chi connectivity index (χ4n) is 3.69. The van der Waals surface area contributed by atoms with Crippen LogP contribution in [0.15, 0.2) is 66.9 Å². The van der Waals surface area contributed by atoms with Crippen LogP contribution in [0.3, 0.4) is 0 Å². The van der Waals surface area contributed by atoms with Crippen LogP contribution in [0.25, 0.3) is 22.2 Å². The Kier molecular flexibility index (Phi) is 4.92. The topological polar surface area (TPSA) is 49.2 Å². The number of para-hydroxylation sites is 1. The molecule has 2 aromatic carbocycles. The van der Waals surface area contributed by atoms with Gasteiger partial charge in [0.2, 0.25) is 0 Å². The van der Waals surface area contributed by atoms with Gasteiger partial charge in [-0.1, -0.05) is 29.8 Å². The van der Waals surface area contributed by atoms with Crippen molar-refractivity contribution in [1.82, 2.24) is 14.8 Å². The van der Waals surface area contributed by atoms with E-state index in [1.807, 2.05) is 71.5 Å². The lowest BCUT2D eigenvalue weighted by molar-refractivity contribution is -0.0366. The second kappa shape index (κ2) is 7.85. The van der Waals surface area contributed by atoms with Crippen LogP contribution < -0.4 is 4.74 Å². The summed E-state index contributed by atoms with van der Waals surface area (Å²) in [7, 11) is 0. The molecular formula is C23H20ClN3O2. The number of fused-ring (bicyclic) bond motifs is 1. The van der Waals surface area contributed by atoms with Crippen LogP contribution >= 0.6 is 11.6 Å². The highest BCUT2D eigenvalue weighted by Crippen LogP contribution is 2.34. The molecular weight excluding hydrogens is 386 g/mol. The first-order valence-electron chi connectivity index (χ1n) is 9.77. The molecule has 5 rings (SSSR count). The Bertz CT molecular complexity index is 1120. The Morgan fingerprint density at radius 2 is 1.79 bits per heavy atom. The van der Waals surface area contributed by atoms with Crippen LogP contribution in [0.4, 0.5) is 0 Å². The minimum absolute atomic E-state index is 0.0661. The molecule has 1 saturated heterocycles. The van der Waals surface area contributed by atoms with Crippen molar-refractivity contribution in [1.29, 1.82) is 0 Å². The number of ether oxygens (including phenoxy) is 2. The van der Waals surface area contributed by atoms with Gasteiger partial charge in [-0.2, -0.15) is 5.10 Å². The molecule has 0 radical (unpaired) electrons. The minimum atomic E-state index is -0.0661. The van der Waals surface area contributed by atoms with E-state index < -0.39 is 0 Å². The van der Waals surface area contributed by atoms with Gasteiger partial charge in [-0.05, 0) is 61.7 Å². The number of halogens is 1. The van der Waals surface area contributed by atoms with E-state index in [1.54, 1.807) is 0 Å². The van der Waals surface area contributed by atoms with E-state index in [2.05, 4.69) is 10.1 Å². The van der Waals surface area contributed by atoms with E-state index >= 15 is 0 Å². The molecule has 0 bridgehead atoms. The predicted octanol–water partition coefficient (Wildman–Crippen LogP) is 6.24. The minimum Gasteiger partial charge on any atom is -0.457 e. The molecule has 2 aromatic heterocycles. The van der Waals surface area contributed by atoms with Crippen molar-refractivity contribution in [2.75, 3.05) is 6.61 Å². The summed E-state index contributed by atoms with van der Waals surface area (Å²) in [5.41, 5.74) is 2.69. The molecule has 6 heteroatoms. The molecule has 3 heterocycles. The average Bonchev–Trinajstić information content (AvgIpc) is 3.19. The fourth-order valence-corrected chi connectivity index (χ4v) is 3.89. The van der Waals surface area contributed by atoms with Gasteiger partial charge in [-0.15, -0.1) is 0 Å². The molecule has 0 spiro atoms. The molecule has 0 amide bonds. The van der Waals surface area contributed by atoms with Crippen molar-refractivity contribution < 1.29 is 9.47 Å². The zero-order chi connectivity index (χ0) is 19.6. The summed E-state index contributed by atoms with van der Waals surface area (Å²) in [5, 5.41) is 5.99. The maximum atomic E-state index is 6.30. The van der Waals surface area contributed by atoms with Gasteiger partial charge < -0.3 is 9.47 Å². The van der Waals surface area contributed by atoms with Crippen molar-refractivity contribution in [3.63, 3.8) is 0 Å². The van der Waals surface area contributed by atoms with Gasteiger partial charge in [0.25, 0.3) is 0 Å². The number of benzene rings is 2. The van der Waals surface area contributed by atoms with Gasteiger partial charge in [-0.3, -0.25) is 0 Å². The van der Waals surface area contributed by atoms with Gasteiger partial charge >= 0.3 is 0 Å². The lowest BCUT2D eigenvalue weighted by Crippen LogP contribution is -2.19. The monoisotopic (exact) mass is 405 g/mol. The highest BCUT2D eigenvalue weighted by atomic mass is 35.5. The lowest BCUT2D eigenvalue weighted by Gasteiger charge is -2.24. The lowest BCUT2D eigenvalue weighted by atomic mass is 10.1. The molecule has 1 fully saturated rings. The van der Waals surface area contributed by atoms with Crippen LogP contribution in [0, 0.1) is 0 Å². The van der Waals surface area contributed by atoms with Gasteiger partial charge in [0.05, 0.1) is 17.4 Å². The van der Waals surface area contributed by atoms with Gasteiger partial charge in [-0.25, -0.2) is 9.67 Å². The quantitative estimate of drug-likeness (QED) is 0.377. The molecule has 146 valence electrons. The molecule has 0 N–H and O–H groups in total. The van der Waals surface area contributed by atoms with Gasteiger partial charge in [0.15, 0.2) is 6.23 Å². The standard InChI is InChI=1S/C23H20ClN3O2/c24-20-14-17-15-25-27(21-8-4-5-13-28-21)23(17)22(26-20)16-9-11-19(12-10-16)29-18-6-2-1-3-7-18/h1-3,6-7,9-12,14-15,21H,4-5,8,13H2. The van der Waals surface area contributed by atoms with Crippen molar-refractivity contribution in [2.45, 2.75) is 25.5 Å². The van der Waals surface area contributed by atoms with Crippen molar-refractivity contribution in [2.24, 2.45) is 0 Å². The third-order valence-electron chi connectivity index (χ3n) is 5.08. The SMILES string of the molecule is Clc1cc2cnn(C3CCCCO3)c2c(-c2ccc(Oc3ccccc3)cc2)n1. The maximum Gasteiger partial charge on any atom is 0.150 e. The van der Waals surface area contributed by atoms with Crippen LogP contribution in [0.1, 0.15) is 25.5 Å². The number of pyridine rings is 1. The number of hydrogen-bond acceptors (Lipinski definition) is 4. The molecule has 1 unspecified atom stereocenters. The highest BCUT2D eigenvalue weighted by Gasteiger charge is 2.22. The Labute approximate surface area is 173 Å². The Balaban J connectivity index is 1.53. The maximum absolute atomic E-state index is 6.30. The third kappa shape index (κ3) is 3.71. The summed E-state index contributed by atoms with van der Waals surface area (Å²) in [6.45, 7) is 0.758. The summed E-state index contributed by atoms with van der Waals surface area (Å²) >= 11 is 6.30. The Hall–Kier alpha value is -2.89. The van der Waals surface area contributed by atoms with E-state index in [4.69, 9.17) is 21.1 Å². The molecule has 0 aliphatic carbocycles. The molecule has 29 heavy (non-hydrogen) atoms. The summed E-state index contributed by atoms with van der Waals surface area (Å²) in [4.78, 5) is 4.62. The molecule has 1 aliphatic rings. The van der Waals surface area contributed by atoms with E-state index in [1.165, 1.54) is 0 Å². The second-order valence-corrected chi connectivity index (χ2v) is 7.47. The highest BCUT2D eigenvalue weighted by molar-refractivity contribution is 6.30. The summed E-state index contributed by atoms with van der Waals surface area (Å²) in [6.07, 6.45) is 4.94. The van der Waals surface area contributed by atoms with Crippen LogP contribution in [-0.4, -0.2) is 21.4 Å². The van der Waals surface area contributed by atoms with E-state index in [0.717, 1.165) is 59.5 Å². The number of nitrogens with zero attached hydrogens (tertiary/aromatic N) is 3. The number of aromatic nitrogens is 3. The molecule has 5 nitrogen and oxygen atoms in total. The Morgan fingerprint density at radius 3 is 2.55 bits per heavy atom. The van der Waals surface area contributed by atoms with Crippen LogP contribution in [-0.2, 0) is 4.74 Å². The van der Waals surface area contributed by atoms with Crippen LogP contribution in [0.5, 0.6) is 11.5 Å². The largest absolute Gasteiger partial charge is 0.457 e. The summed E-state index contributed by atoms with van der Waals surface area (Å²) in [5.74, 6) is 1.57. The normalized spacial score (nSPS) is 16.8. The van der Waals surface area contributed by atoms with Crippen molar-refractivity contribution in [3.05, 3.63) is 72.0 Å². The number of hydrogen-bond donors (Lipinski definition) is 0. The smallest absolute Gasteiger partial charge is 0.150 e. The van der Waals surface area contributed by atoms with Gasteiger partial charge in [0.1, 0.15) is 16.7 Å². The van der Waals surface area contributed by atoms with Crippen LogP contribution in [0.2, 0.25) is 5.15 Å². The Morgan fingerprint density at radius 1 is 1.00 bits per heavy atom. The predicted molar refractivity (Wildman–Crippen MR) is 113 cm³/mol. The first-order chi connectivity index (χ1) is 14.3. The molecule has 4 aromatic rings. The van der Waals surface area contributed by atoms with E-state index in [-0.39, 0.29) is 6.23 Å². The fraction of sp³-hybridized carbons (Fsp3) is 0.217. The van der Waals surface area contributed by atoms with Gasteiger partial charge in [0, 0.05) is 17.6 Å². The first kappa shape index (κ1) is 18.2. The summed E-state index contributed by atoms with van der Waals surface area (Å²) < 4.78 is 13.8. The summed E-state index contributed by atoms with van der Waals surface area (Å²) in [6, 6.07) is 19.4.